The Morgan fingerprint density at radius 1 is 1.31 bits per heavy atom. The highest BCUT2D eigenvalue weighted by Gasteiger charge is 2.20. The maximum Gasteiger partial charge on any atom is 0.325 e. The Balaban J connectivity index is 4.52. The van der Waals surface area contributed by atoms with Gasteiger partial charge in [0.05, 0.1) is 7.11 Å². The number of hydrogen-bond acceptors (Lipinski definition) is 5. The molecule has 0 aliphatic carbocycles. The summed E-state index contributed by atoms with van der Waals surface area (Å²) in [6.45, 7) is 1.96. The van der Waals surface area contributed by atoms with Gasteiger partial charge in [-0.2, -0.15) is 0 Å². The Kier molecular flexibility index (Phi) is 6.02. The molecule has 1 amide bonds. The zero-order valence-corrected chi connectivity index (χ0v) is 10.5. The van der Waals surface area contributed by atoms with Crippen LogP contribution < -0.4 is 0 Å². The third-order valence-corrected chi connectivity index (χ3v) is 2.55. The van der Waals surface area contributed by atoms with Crippen LogP contribution in [0.1, 0.15) is 13.3 Å². The topological polar surface area (TPSA) is 80.8 Å². The zero-order valence-electron chi connectivity index (χ0n) is 9.73. The largest absolute Gasteiger partial charge is 0.468 e. The van der Waals surface area contributed by atoms with Crippen molar-refractivity contribution in [3.8, 4) is 0 Å². The van der Waals surface area contributed by atoms with E-state index in [0.29, 0.717) is 13.0 Å². The second-order valence-corrected chi connectivity index (χ2v) is 5.60. The normalized spacial score (nSPS) is 10.9. The number of esters is 1. The van der Waals surface area contributed by atoms with Crippen molar-refractivity contribution in [3.05, 3.63) is 0 Å². The first-order valence-corrected chi connectivity index (χ1v) is 6.88. The monoisotopic (exact) mass is 251 g/mol. The molecule has 16 heavy (non-hydrogen) atoms. The van der Waals surface area contributed by atoms with Gasteiger partial charge in [0.2, 0.25) is 5.91 Å². The van der Waals surface area contributed by atoms with Gasteiger partial charge in [0, 0.05) is 12.8 Å². The lowest BCUT2D eigenvalue weighted by molar-refractivity contribution is -0.146. The molecule has 0 saturated heterocycles. The van der Waals surface area contributed by atoms with Crippen LogP contribution in [0, 0.1) is 0 Å². The Morgan fingerprint density at radius 2 is 1.88 bits per heavy atom. The second-order valence-electron chi connectivity index (χ2n) is 3.46. The fraction of sp³-hybridized carbons (Fsp3) is 0.778. The molecular formula is C9H17NO5S. The summed E-state index contributed by atoms with van der Waals surface area (Å²) >= 11 is 0. The van der Waals surface area contributed by atoms with Crippen LogP contribution in [-0.4, -0.2) is 57.4 Å². The van der Waals surface area contributed by atoms with Crippen LogP contribution in [0.3, 0.4) is 0 Å². The molecule has 0 aliphatic heterocycles. The van der Waals surface area contributed by atoms with Gasteiger partial charge in [-0.1, -0.05) is 6.92 Å². The zero-order chi connectivity index (χ0) is 12.8. The first kappa shape index (κ1) is 14.9. The second kappa shape index (κ2) is 6.47. The van der Waals surface area contributed by atoms with E-state index >= 15 is 0 Å². The van der Waals surface area contributed by atoms with Crippen LogP contribution in [0.4, 0.5) is 0 Å². The molecule has 0 unspecified atom stereocenters. The van der Waals surface area contributed by atoms with E-state index in [1.165, 1.54) is 12.0 Å². The molecule has 0 fully saturated rings. The van der Waals surface area contributed by atoms with Crippen LogP contribution in [0.5, 0.6) is 0 Å². The van der Waals surface area contributed by atoms with Crippen LogP contribution in [0.25, 0.3) is 0 Å². The number of carbonyl (C=O) groups is 2. The highest BCUT2D eigenvalue weighted by molar-refractivity contribution is 7.91. The van der Waals surface area contributed by atoms with E-state index in [1.807, 2.05) is 6.92 Å². The van der Waals surface area contributed by atoms with Gasteiger partial charge in [-0.15, -0.1) is 0 Å². The first-order chi connectivity index (χ1) is 7.30. The molecule has 6 nitrogen and oxygen atoms in total. The third-order valence-electron chi connectivity index (χ3n) is 1.78. The van der Waals surface area contributed by atoms with Crippen molar-refractivity contribution in [1.82, 2.24) is 4.90 Å². The van der Waals surface area contributed by atoms with Crippen LogP contribution in [-0.2, 0) is 24.2 Å². The molecule has 0 aliphatic rings. The lowest BCUT2D eigenvalue weighted by Crippen LogP contribution is -2.40. The average Bonchev–Trinajstić information content (AvgIpc) is 2.14. The molecule has 0 atom stereocenters. The maximum absolute atomic E-state index is 11.5. The molecule has 0 spiro atoms. The van der Waals surface area contributed by atoms with E-state index in [1.54, 1.807) is 0 Å². The van der Waals surface area contributed by atoms with Gasteiger partial charge in [-0.25, -0.2) is 8.42 Å². The fourth-order valence-electron chi connectivity index (χ4n) is 1.10. The lowest BCUT2D eigenvalue weighted by atomic mass is 10.4. The van der Waals surface area contributed by atoms with Crippen molar-refractivity contribution in [2.24, 2.45) is 0 Å². The minimum absolute atomic E-state index is 0.210. The molecule has 0 bridgehead atoms. The van der Waals surface area contributed by atoms with Gasteiger partial charge in [-0.3, -0.25) is 9.59 Å². The van der Waals surface area contributed by atoms with Crippen molar-refractivity contribution < 1.29 is 22.7 Å². The van der Waals surface area contributed by atoms with E-state index < -0.39 is 27.5 Å². The fourth-order valence-corrected chi connectivity index (χ4v) is 1.73. The number of sulfone groups is 1. The third kappa shape index (κ3) is 6.39. The Morgan fingerprint density at radius 3 is 2.25 bits per heavy atom. The summed E-state index contributed by atoms with van der Waals surface area (Å²) in [5.41, 5.74) is 0. The van der Waals surface area contributed by atoms with E-state index in [9.17, 15) is 18.0 Å². The molecule has 0 rings (SSSR count). The van der Waals surface area contributed by atoms with Gasteiger partial charge < -0.3 is 9.64 Å². The van der Waals surface area contributed by atoms with Gasteiger partial charge in [0.25, 0.3) is 0 Å². The average molecular weight is 251 g/mol. The molecule has 0 aromatic rings. The molecular weight excluding hydrogens is 234 g/mol. The number of nitrogens with zero attached hydrogens (tertiary/aromatic N) is 1. The number of amides is 1. The van der Waals surface area contributed by atoms with Gasteiger partial charge in [-0.05, 0) is 6.42 Å². The summed E-state index contributed by atoms with van der Waals surface area (Å²) < 4.78 is 26.3. The quantitative estimate of drug-likeness (QED) is 0.591. The summed E-state index contributed by atoms with van der Waals surface area (Å²) in [6.07, 6.45) is 1.62. The molecule has 0 N–H and O–H groups in total. The minimum Gasteiger partial charge on any atom is -0.468 e. The number of methoxy groups -OCH3 is 1. The highest BCUT2D eigenvalue weighted by Crippen LogP contribution is 1.97. The van der Waals surface area contributed by atoms with E-state index in [0.717, 1.165) is 6.26 Å². The van der Waals surface area contributed by atoms with E-state index in [2.05, 4.69) is 4.74 Å². The van der Waals surface area contributed by atoms with Gasteiger partial charge >= 0.3 is 5.97 Å². The standard InChI is InChI=1S/C9H17NO5S/c1-4-5-10(6-9(12)15-2)8(11)7-16(3,13)14/h4-7H2,1-3H3. The summed E-state index contributed by atoms with van der Waals surface area (Å²) in [4.78, 5) is 23.7. The Labute approximate surface area is 95.5 Å². The lowest BCUT2D eigenvalue weighted by Gasteiger charge is -2.20. The first-order valence-electron chi connectivity index (χ1n) is 4.82. The van der Waals surface area contributed by atoms with E-state index in [-0.39, 0.29) is 6.54 Å². The van der Waals surface area contributed by atoms with Crippen LogP contribution >= 0.6 is 0 Å². The van der Waals surface area contributed by atoms with Crippen molar-refractivity contribution >= 4 is 21.7 Å². The SMILES string of the molecule is CCCN(CC(=O)OC)C(=O)CS(C)(=O)=O. The maximum atomic E-state index is 11.5. The molecule has 0 aromatic heterocycles. The van der Waals surface area contributed by atoms with Gasteiger partial charge in [0.15, 0.2) is 9.84 Å². The van der Waals surface area contributed by atoms with Crippen LogP contribution in [0.2, 0.25) is 0 Å². The summed E-state index contributed by atoms with van der Waals surface area (Å²) in [6, 6.07) is 0. The van der Waals surface area contributed by atoms with Crippen molar-refractivity contribution in [1.29, 1.82) is 0 Å². The number of carbonyl (C=O) groups excluding carboxylic acids is 2. The number of hydrogen-bond donors (Lipinski definition) is 0. The highest BCUT2D eigenvalue weighted by atomic mass is 32.2. The van der Waals surface area contributed by atoms with E-state index in [4.69, 9.17) is 0 Å². The summed E-state index contributed by atoms with van der Waals surface area (Å²) in [7, 11) is -2.16. The minimum atomic E-state index is -3.37. The molecule has 7 heteroatoms. The number of rotatable bonds is 6. The van der Waals surface area contributed by atoms with Crippen molar-refractivity contribution in [3.63, 3.8) is 0 Å². The predicted molar refractivity (Wildman–Crippen MR) is 58.6 cm³/mol. The molecule has 94 valence electrons. The smallest absolute Gasteiger partial charge is 0.325 e. The van der Waals surface area contributed by atoms with Gasteiger partial charge in [0.1, 0.15) is 12.3 Å². The van der Waals surface area contributed by atoms with Crippen LogP contribution in [0.15, 0.2) is 0 Å². The Bertz CT molecular complexity index is 349. The molecule has 0 radical (unpaired) electrons. The predicted octanol–water partition coefficient (Wildman–Crippen LogP) is -0.557. The Hall–Kier alpha value is -1.11. The molecule has 0 saturated carbocycles. The van der Waals surface area contributed by atoms with Crippen molar-refractivity contribution in [2.75, 3.05) is 32.2 Å². The van der Waals surface area contributed by atoms with Crippen molar-refractivity contribution in [2.45, 2.75) is 13.3 Å². The summed E-state index contributed by atoms with van der Waals surface area (Å²) in [5.74, 6) is -1.71. The molecule has 0 aromatic carbocycles. The number of ether oxygens (including phenoxy) is 1. The summed E-state index contributed by atoms with van der Waals surface area (Å²) in [5, 5.41) is 0. The molecule has 0 heterocycles.